The molecule has 1 amide bonds. The average molecular weight is 386 g/mol. The number of H-pyrrole nitrogens is 1. The number of aliphatic hydroxyl groups excluding tert-OH is 1. The van der Waals surface area contributed by atoms with Gasteiger partial charge in [0.1, 0.15) is 6.61 Å². The van der Waals surface area contributed by atoms with E-state index >= 15 is 0 Å². The number of ketones is 2. The molecule has 0 aliphatic carbocycles. The van der Waals surface area contributed by atoms with Gasteiger partial charge in [-0.1, -0.05) is 39.0 Å². The van der Waals surface area contributed by atoms with Gasteiger partial charge in [-0.2, -0.15) is 0 Å². The van der Waals surface area contributed by atoms with Crippen molar-refractivity contribution >= 4 is 28.4 Å². The number of nitrogens with one attached hydrogen (secondary N) is 2. The molecule has 0 bridgehead atoms. The molecule has 6 nitrogen and oxygen atoms in total. The van der Waals surface area contributed by atoms with Crippen LogP contribution in [-0.2, 0) is 20.8 Å². The molecule has 0 saturated heterocycles. The fourth-order valence-corrected chi connectivity index (χ4v) is 3.49. The van der Waals surface area contributed by atoms with E-state index in [-0.39, 0.29) is 29.8 Å². The summed E-state index contributed by atoms with van der Waals surface area (Å²) in [4.78, 5) is 40.2. The van der Waals surface area contributed by atoms with Crippen LogP contribution in [0.1, 0.15) is 45.6 Å². The molecular weight excluding hydrogens is 356 g/mol. The van der Waals surface area contributed by atoms with E-state index in [2.05, 4.69) is 10.3 Å². The van der Waals surface area contributed by atoms with Gasteiger partial charge in [0.2, 0.25) is 5.91 Å². The lowest BCUT2D eigenvalue weighted by atomic mass is 9.90. The molecule has 0 aliphatic rings. The zero-order valence-electron chi connectivity index (χ0n) is 16.8. The van der Waals surface area contributed by atoms with E-state index in [1.54, 1.807) is 6.92 Å². The minimum absolute atomic E-state index is 0.0133. The fourth-order valence-electron chi connectivity index (χ4n) is 3.49. The number of Topliss-reactive ketones (excluding diaryl/α,β-unsaturated/α-hetero) is 2. The first-order valence-electron chi connectivity index (χ1n) is 9.86. The molecule has 3 N–H and O–H groups in total. The Balaban J connectivity index is 2.18. The summed E-state index contributed by atoms with van der Waals surface area (Å²) in [6, 6.07) is 7.18. The van der Waals surface area contributed by atoms with E-state index in [0.717, 1.165) is 16.5 Å². The smallest absolute Gasteiger partial charge is 0.224 e. The van der Waals surface area contributed by atoms with Crippen LogP contribution in [0.15, 0.2) is 30.5 Å². The number of amides is 1. The quantitative estimate of drug-likeness (QED) is 0.553. The van der Waals surface area contributed by atoms with Crippen molar-refractivity contribution < 1.29 is 19.5 Å². The minimum atomic E-state index is -0.643. The molecule has 28 heavy (non-hydrogen) atoms. The number of hydrogen-bond donors (Lipinski definition) is 3. The third-order valence-corrected chi connectivity index (χ3v) is 4.93. The van der Waals surface area contributed by atoms with Gasteiger partial charge >= 0.3 is 0 Å². The number of aliphatic hydroxyl groups is 1. The second-order valence-electron chi connectivity index (χ2n) is 7.67. The predicted molar refractivity (Wildman–Crippen MR) is 109 cm³/mol. The van der Waals surface area contributed by atoms with Gasteiger partial charge in [-0.05, 0) is 24.0 Å². The van der Waals surface area contributed by atoms with Gasteiger partial charge < -0.3 is 15.4 Å². The lowest BCUT2D eigenvalue weighted by Gasteiger charge is -2.22. The molecule has 2 rings (SSSR count). The highest BCUT2D eigenvalue weighted by Crippen LogP contribution is 2.21. The summed E-state index contributed by atoms with van der Waals surface area (Å²) < 4.78 is 0. The van der Waals surface area contributed by atoms with Crippen LogP contribution in [0.2, 0.25) is 0 Å². The lowest BCUT2D eigenvalue weighted by Crippen LogP contribution is -2.45. The minimum Gasteiger partial charge on any atom is -0.389 e. The molecule has 0 unspecified atom stereocenters. The van der Waals surface area contributed by atoms with Gasteiger partial charge in [-0.15, -0.1) is 0 Å². The predicted octanol–water partition coefficient (Wildman–Crippen LogP) is 2.79. The van der Waals surface area contributed by atoms with Gasteiger partial charge in [0.25, 0.3) is 0 Å². The summed E-state index contributed by atoms with van der Waals surface area (Å²) in [5.41, 5.74) is 1.95. The Morgan fingerprint density at radius 3 is 2.54 bits per heavy atom. The molecule has 0 aliphatic heterocycles. The van der Waals surface area contributed by atoms with Crippen LogP contribution in [0.5, 0.6) is 0 Å². The van der Waals surface area contributed by atoms with Crippen LogP contribution < -0.4 is 5.32 Å². The van der Waals surface area contributed by atoms with Crippen molar-refractivity contribution in [2.75, 3.05) is 6.61 Å². The lowest BCUT2D eigenvalue weighted by molar-refractivity contribution is -0.133. The Morgan fingerprint density at radius 1 is 1.18 bits per heavy atom. The molecule has 152 valence electrons. The topological polar surface area (TPSA) is 99.3 Å². The number of fused-ring (bicyclic) bond motifs is 1. The van der Waals surface area contributed by atoms with Crippen LogP contribution in [0, 0.1) is 11.8 Å². The Hall–Kier alpha value is -2.47. The van der Waals surface area contributed by atoms with Crippen molar-refractivity contribution in [1.82, 2.24) is 10.3 Å². The maximum Gasteiger partial charge on any atom is 0.224 e. The molecule has 0 spiro atoms. The summed E-state index contributed by atoms with van der Waals surface area (Å²) in [5.74, 6) is -1.04. The largest absolute Gasteiger partial charge is 0.389 e. The van der Waals surface area contributed by atoms with Gasteiger partial charge in [-0.25, -0.2) is 0 Å². The molecule has 1 heterocycles. The van der Waals surface area contributed by atoms with Crippen molar-refractivity contribution in [3.8, 4) is 0 Å². The van der Waals surface area contributed by atoms with Crippen molar-refractivity contribution in [3.63, 3.8) is 0 Å². The molecule has 0 radical (unpaired) electrons. The van der Waals surface area contributed by atoms with E-state index in [9.17, 15) is 14.4 Å². The van der Waals surface area contributed by atoms with E-state index in [0.29, 0.717) is 19.3 Å². The summed E-state index contributed by atoms with van der Waals surface area (Å²) in [7, 11) is 0. The highest BCUT2D eigenvalue weighted by molar-refractivity contribution is 5.93. The van der Waals surface area contributed by atoms with Crippen molar-refractivity contribution in [3.05, 3.63) is 36.0 Å². The summed E-state index contributed by atoms with van der Waals surface area (Å²) >= 11 is 0. The molecule has 2 aromatic rings. The number of para-hydroxylation sites is 1. The first kappa shape index (κ1) is 21.8. The number of carbonyl (C=O) groups is 3. The Bertz CT molecular complexity index is 825. The summed E-state index contributed by atoms with van der Waals surface area (Å²) in [6.07, 6.45) is 3.09. The number of hydrogen-bond acceptors (Lipinski definition) is 4. The van der Waals surface area contributed by atoms with Crippen LogP contribution in [0.25, 0.3) is 10.9 Å². The Kier molecular flexibility index (Phi) is 7.93. The van der Waals surface area contributed by atoms with Crippen LogP contribution in [0.3, 0.4) is 0 Å². The highest BCUT2D eigenvalue weighted by atomic mass is 16.3. The molecule has 1 aromatic carbocycles. The van der Waals surface area contributed by atoms with Crippen molar-refractivity contribution in [1.29, 1.82) is 0 Å². The Labute approximate surface area is 165 Å². The second-order valence-corrected chi connectivity index (χ2v) is 7.67. The zero-order valence-corrected chi connectivity index (χ0v) is 16.8. The number of carbonyl (C=O) groups excluding carboxylic acids is 3. The van der Waals surface area contributed by atoms with Gasteiger partial charge in [0.05, 0.1) is 6.04 Å². The van der Waals surface area contributed by atoms with Crippen molar-refractivity contribution in [2.24, 2.45) is 11.8 Å². The first-order chi connectivity index (χ1) is 13.3. The normalized spacial score (nSPS) is 13.5. The van der Waals surface area contributed by atoms with Crippen LogP contribution in [-0.4, -0.2) is 40.2 Å². The molecular formula is C22H30N2O4. The van der Waals surface area contributed by atoms with Crippen molar-refractivity contribution in [2.45, 2.75) is 52.5 Å². The van der Waals surface area contributed by atoms with E-state index < -0.39 is 18.6 Å². The molecule has 1 aromatic heterocycles. The van der Waals surface area contributed by atoms with E-state index in [1.165, 1.54) is 0 Å². The molecule has 6 heteroatoms. The summed E-state index contributed by atoms with van der Waals surface area (Å²) in [5, 5.41) is 12.9. The maximum atomic E-state index is 12.8. The first-order valence-corrected chi connectivity index (χ1v) is 9.86. The highest BCUT2D eigenvalue weighted by Gasteiger charge is 2.27. The van der Waals surface area contributed by atoms with Crippen LogP contribution in [0.4, 0.5) is 0 Å². The molecule has 0 fully saturated rings. The standard InChI is InChI=1S/C22H30N2O4/c1-4-21(27)20(11-16-12-23-19-8-6-5-7-18(16)19)24-22(28)15(9-14(2)3)10-17(26)13-25/h5-8,12,14-15,20,23,25H,4,9-11,13H2,1-3H3,(H,24,28)/t15-,20+/m1/s1. The molecule has 0 saturated carbocycles. The van der Waals surface area contributed by atoms with Gasteiger partial charge in [-0.3, -0.25) is 14.4 Å². The van der Waals surface area contributed by atoms with Gasteiger partial charge in [0.15, 0.2) is 11.6 Å². The third kappa shape index (κ3) is 5.76. The SMILES string of the molecule is CCC(=O)[C@H](Cc1c[nH]c2ccccc12)NC(=O)[C@@H](CC(=O)CO)CC(C)C. The number of aromatic amines is 1. The van der Waals surface area contributed by atoms with E-state index in [4.69, 9.17) is 5.11 Å². The van der Waals surface area contributed by atoms with Crippen LogP contribution >= 0.6 is 0 Å². The number of benzene rings is 1. The fraction of sp³-hybridized carbons (Fsp3) is 0.500. The Morgan fingerprint density at radius 2 is 1.89 bits per heavy atom. The van der Waals surface area contributed by atoms with Gasteiger partial charge in [0, 0.05) is 42.3 Å². The van der Waals surface area contributed by atoms with E-state index in [1.807, 2.05) is 44.3 Å². The maximum absolute atomic E-state index is 12.8. The zero-order chi connectivity index (χ0) is 20.7. The second kappa shape index (κ2) is 10.2. The number of aromatic nitrogens is 1. The molecule has 2 atom stereocenters. The monoisotopic (exact) mass is 386 g/mol. The summed E-state index contributed by atoms with van der Waals surface area (Å²) in [6.45, 7) is 5.15. The average Bonchev–Trinajstić information content (AvgIpc) is 3.08. The third-order valence-electron chi connectivity index (χ3n) is 4.93. The number of rotatable bonds is 11.